The molecule has 1 heterocycles. The summed E-state index contributed by atoms with van der Waals surface area (Å²) in [5.41, 5.74) is 1.58. The number of nitrogens with zero attached hydrogens (tertiary/aromatic N) is 3. The predicted molar refractivity (Wildman–Crippen MR) is 111 cm³/mol. The Morgan fingerprint density at radius 1 is 1.19 bits per heavy atom. The second-order valence-electron chi connectivity index (χ2n) is 5.48. The van der Waals surface area contributed by atoms with E-state index in [0.29, 0.717) is 33.1 Å². The van der Waals surface area contributed by atoms with Crippen LogP contribution in [-0.4, -0.2) is 33.0 Å². The zero-order valence-electron chi connectivity index (χ0n) is 14.2. The van der Waals surface area contributed by atoms with Gasteiger partial charge in [0.05, 0.1) is 10.8 Å². The third-order valence-electron chi connectivity index (χ3n) is 3.60. The Kier molecular flexibility index (Phi) is 6.55. The SMILES string of the molecule is C=CCNC(=O)CSc1nnc(-c2ccc(Cl)cc2Cl)n1-c1ccccc1. The van der Waals surface area contributed by atoms with Crippen LogP contribution in [0.5, 0.6) is 0 Å². The fourth-order valence-corrected chi connectivity index (χ4v) is 3.66. The summed E-state index contributed by atoms with van der Waals surface area (Å²) in [6.07, 6.45) is 1.63. The first kappa shape index (κ1) is 19.5. The summed E-state index contributed by atoms with van der Waals surface area (Å²) in [7, 11) is 0. The maximum Gasteiger partial charge on any atom is 0.230 e. The van der Waals surface area contributed by atoms with Crippen molar-refractivity contribution in [3.63, 3.8) is 0 Å². The van der Waals surface area contributed by atoms with E-state index in [-0.39, 0.29) is 11.7 Å². The average molecular weight is 419 g/mol. The second-order valence-corrected chi connectivity index (χ2v) is 7.27. The lowest BCUT2D eigenvalue weighted by Gasteiger charge is -2.11. The van der Waals surface area contributed by atoms with Gasteiger partial charge < -0.3 is 5.32 Å². The third kappa shape index (κ3) is 4.71. The van der Waals surface area contributed by atoms with Crippen LogP contribution in [-0.2, 0) is 4.79 Å². The lowest BCUT2D eigenvalue weighted by molar-refractivity contribution is -0.118. The molecule has 138 valence electrons. The maximum atomic E-state index is 11.9. The van der Waals surface area contributed by atoms with Crippen molar-refractivity contribution >= 4 is 40.9 Å². The molecule has 3 aromatic rings. The Hall–Kier alpha value is -2.28. The van der Waals surface area contributed by atoms with E-state index in [2.05, 4.69) is 22.1 Å². The summed E-state index contributed by atoms with van der Waals surface area (Å²) in [4.78, 5) is 11.9. The van der Waals surface area contributed by atoms with E-state index in [1.54, 1.807) is 24.3 Å². The van der Waals surface area contributed by atoms with Crippen LogP contribution in [0.1, 0.15) is 0 Å². The Morgan fingerprint density at radius 2 is 1.96 bits per heavy atom. The average Bonchev–Trinajstić information content (AvgIpc) is 3.09. The van der Waals surface area contributed by atoms with Gasteiger partial charge in [-0.05, 0) is 30.3 Å². The minimum Gasteiger partial charge on any atom is -0.352 e. The Morgan fingerprint density at radius 3 is 2.67 bits per heavy atom. The number of carbonyl (C=O) groups is 1. The van der Waals surface area contributed by atoms with Crippen molar-refractivity contribution in [2.24, 2.45) is 0 Å². The van der Waals surface area contributed by atoms with Crippen molar-refractivity contribution < 1.29 is 4.79 Å². The molecule has 0 aliphatic carbocycles. The molecule has 8 heteroatoms. The Bertz CT molecular complexity index is 960. The number of benzene rings is 2. The molecule has 2 aromatic carbocycles. The van der Waals surface area contributed by atoms with E-state index in [4.69, 9.17) is 23.2 Å². The summed E-state index contributed by atoms with van der Waals surface area (Å²) in [6, 6.07) is 14.9. The van der Waals surface area contributed by atoms with E-state index in [1.165, 1.54) is 11.8 Å². The highest BCUT2D eigenvalue weighted by Gasteiger charge is 2.19. The van der Waals surface area contributed by atoms with Crippen LogP contribution in [0.4, 0.5) is 0 Å². The molecule has 5 nitrogen and oxygen atoms in total. The number of carbonyl (C=O) groups excluding carboxylic acids is 1. The summed E-state index contributed by atoms with van der Waals surface area (Å²) >= 11 is 13.7. The number of amides is 1. The van der Waals surface area contributed by atoms with Crippen LogP contribution in [0.2, 0.25) is 10.0 Å². The number of para-hydroxylation sites is 1. The number of aromatic nitrogens is 3. The van der Waals surface area contributed by atoms with Gasteiger partial charge in [0.2, 0.25) is 5.91 Å². The largest absolute Gasteiger partial charge is 0.352 e. The molecule has 0 bridgehead atoms. The fourth-order valence-electron chi connectivity index (χ4n) is 2.39. The van der Waals surface area contributed by atoms with Crippen LogP contribution in [0.25, 0.3) is 17.1 Å². The fraction of sp³-hybridized carbons (Fsp3) is 0.105. The molecule has 0 atom stereocenters. The van der Waals surface area contributed by atoms with Crippen molar-refractivity contribution in [3.05, 3.63) is 71.2 Å². The highest BCUT2D eigenvalue weighted by Crippen LogP contribution is 2.33. The van der Waals surface area contributed by atoms with Gasteiger partial charge in [0.25, 0.3) is 0 Å². The van der Waals surface area contributed by atoms with E-state index in [9.17, 15) is 4.79 Å². The molecule has 0 radical (unpaired) electrons. The number of rotatable bonds is 7. The summed E-state index contributed by atoms with van der Waals surface area (Å²) in [6.45, 7) is 4.01. The van der Waals surface area contributed by atoms with Gasteiger partial charge in [-0.25, -0.2) is 0 Å². The number of halogens is 2. The number of hydrogen-bond donors (Lipinski definition) is 1. The predicted octanol–water partition coefficient (Wildman–Crippen LogP) is 4.64. The van der Waals surface area contributed by atoms with Crippen molar-refractivity contribution in [2.75, 3.05) is 12.3 Å². The highest BCUT2D eigenvalue weighted by atomic mass is 35.5. The molecule has 0 unspecified atom stereocenters. The number of hydrogen-bond acceptors (Lipinski definition) is 4. The first-order valence-corrected chi connectivity index (χ1v) is 9.81. The maximum absolute atomic E-state index is 11.9. The van der Waals surface area contributed by atoms with Gasteiger partial charge in [-0.15, -0.1) is 16.8 Å². The minimum atomic E-state index is -0.103. The van der Waals surface area contributed by atoms with Crippen LogP contribution >= 0.6 is 35.0 Å². The quantitative estimate of drug-likeness (QED) is 0.448. The number of nitrogens with one attached hydrogen (secondary N) is 1. The van der Waals surface area contributed by atoms with Crippen LogP contribution in [0.3, 0.4) is 0 Å². The molecule has 0 saturated carbocycles. The molecule has 1 N–H and O–H groups in total. The van der Waals surface area contributed by atoms with Crippen molar-refractivity contribution in [1.29, 1.82) is 0 Å². The zero-order chi connectivity index (χ0) is 19.2. The summed E-state index contributed by atoms with van der Waals surface area (Å²) in [5, 5.41) is 12.9. The molecule has 27 heavy (non-hydrogen) atoms. The van der Waals surface area contributed by atoms with Gasteiger partial charge in [0.15, 0.2) is 11.0 Å². The first-order valence-electron chi connectivity index (χ1n) is 8.07. The molecular weight excluding hydrogens is 403 g/mol. The van der Waals surface area contributed by atoms with Gasteiger partial charge in [0, 0.05) is 22.8 Å². The Labute approximate surface area is 171 Å². The summed E-state index contributed by atoms with van der Waals surface area (Å²) < 4.78 is 1.88. The summed E-state index contributed by atoms with van der Waals surface area (Å²) in [5.74, 6) is 0.693. The molecule has 1 aromatic heterocycles. The topological polar surface area (TPSA) is 59.8 Å². The van der Waals surface area contributed by atoms with Crippen molar-refractivity contribution in [1.82, 2.24) is 20.1 Å². The Balaban J connectivity index is 1.98. The third-order valence-corrected chi connectivity index (χ3v) is 5.07. The van der Waals surface area contributed by atoms with E-state index in [0.717, 1.165) is 5.69 Å². The second kappa shape index (κ2) is 9.08. The highest BCUT2D eigenvalue weighted by molar-refractivity contribution is 7.99. The van der Waals surface area contributed by atoms with Crippen molar-refractivity contribution in [2.45, 2.75) is 5.16 Å². The van der Waals surface area contributed by atoms with Gasteiger partial charge in [-0.3, -0.25) is 9.36 Å². The lowest BCUT2D eigenvalue weighted by Crippen LogP contribution is -2.25. The normalized spacial score (nSPS) is 10.6. The van der Waals surface area contributed by atoms with Gasteiger partial charge in [0.1, 0.15) is 0 Å². The van der Waals surface area contributed by atoms with Gasteiger partial charge >= 0.3 is 0 Å². The molecule has 3 rings (SSSR count). The van der Waals surface area contributed by atoms with E-state index < -0.39 is 0 Å². The first-order chi connectivity index (χ1) is 13.1. The smallest absolute Gasteiger partial charge is 0.230 e. The van der Waals surface area contributed by atoms with E-state index in [1.807, 2.05) is 34.9 Å². The lowest BCUT2D eigenvalue weighted by atomic mass is 10.2. The van der Waals surface area contributed by atoms with Gasteiger partial charge in [-0.1, -0.05) is 59.2 Å². The monoisotopic (exact) mass is 418 g/mol. The molecule has 0 aliphatic heterocycles. The van der Waals surface area contributed by atoms with Crippen LogP contribution in [0.15, 0.2) is 66.3 Å². The zero-order valence-corrected chi connectivity index (χ0v) is 16.6. The standard InChI is InChI=1S/C19H16Cl2N4OS/c1-2-10-22-17(26)12-27-19-24-23-18(15-9-8-13(20)11-16(15)21)25(19)14-6-4-3-5-7-14/h2-9,11H,1,10,12H2,(H,22,26). The molecule has 0 spiro atoms. The minimum absolute atomic E-state index is 0.103. The molecule has 1 amide bonds. The molecular formula is C19H16Cl2N4OS. The molecule has 0 fully saturated rings. The van der Waals surface area contributed by atoms with Crippen molar-refractivity contribution in [3.8, 4) is 17.1 Å². The number of thioether (sulfide) groups is 1. The van der Waals surface area contributed by atoms with Crippen LogP contribution in [0, 0.1) is 0 Å². The molecule has 0 saturated heterocycles. The van der Waals surface area contributed by atoms with Crippen LogP contribution < -0.4 is 5.32 Å². The molecule has 0 aliphatic rings. The van der Waals surface area contributed by atoms with E-state index >= 15 is 0 Å². The van der Waals surface area contributed by atoms with Gasteiger partial charge in [-0.2, -0.15) is 0 Å².